The van der Waals surface area contributed by atoms with Crippen LogP contribution in [0.3, 0.4) is 0 Å². The smallest absolute Gasteiger partial charge is 0.263 e. The van der Waals surface area contributed by atoms with E-state index in [0.29, 0.717) is 30.3 Å². The van der Waals surface area contributed by atoms with Gasteiger partial charge in [0.15, 0.2) is 17.6 Å². The summed E-state index contributed by atoms with van der Waals surface area (Å²) in [6.45, 7) is 6.14. The Bertz CT molecular complexity index is 850. The lowest BCUT2D eigenvalue weighted by molar-refractivity contribution is -0.140. The van der Waals surface area contributed by atoms with Gasteiger partial charge in [0.2, 0.25) is 6.79 Å². The van der Waals surface area contributed by atoms with Gasteiger partial charge in [-0.3, -0.25) is 9.69 Å². The molecule has 1 atom stereocenters. The summed E-state index contributed by atoms with van der Waals surface area (Å²) in [5.41, 5.74) is 1.19. The maximum atomic E-state index is 12.9. The molecular weight excluding hydrogens is 392 g/mol. The zero-order chi connectivity index (χ0) is 20.2. The Labute approximate surface area is 175 Å². The van der Waals surface area contributed by atoms with E-state index in [1.807, 2.05) is 24.0 Å². The van der Waals surface area contributed by atoms with E-state index in [4.69, 9.17) is 25.8 Å². The summed E-state index contributed by atoms with van der Waals surface area (Å²) in [6.07, 6.45) is 0.148. The highest BCUT2D eigenvalue weighted by atomic mass is 35.5. The van der Waals surface area contributed by atoms with E-state index in [0.717, 1.165) is 31.1 Å². The Morgan fingerprint density at radius 1 is 1.07 bits per heavy atom. The number of rotatable bonds is 6. The van der Waals surface area contributed by atoms with Gasteiger partial charge in [0, 0.05) is 37.7 Å². The second kappa shape index (κ2) is 8.93. The molecule has 0 unspecified atom stereocenters. The van der Waals surface area contributed by atoms with Crippen molar-refractivity contribution in [1.82, 2.24) is 9.80 Å². The van der Waals surface area contributed by atoms with Crippen LogP contribution < -0.4 is 14.2 Å². The SMILES string of the molecule is CC[C@@H](Oc1ccc(Cl)cc1)C(=O)N1CCN(Cc2ccc3c(c2)OCO3)CC1. The van der Waals surface area contributed by atoms with Crippen LogP contribution in [0, 0.1) is 0 Å². The quantitative estimate of drug-likeness (QED) is 0.720. The van der Waals surface area contributed by atoms with Crippen molar-refractivity contribution >= 4 is 17.5 Å². The van der Waals surface area contributed by atoms with Crippen LogP contribution in [0.15, 0.2) is 42.5 Å². The van der Waals surface area contributed by atoms with Gasteiger partial charge in [0.1, 0.15) is 5.75 Å². The molecule has 2 aliphatic rings. The largest absolute Gasteiger partial charge is 0.481 e. The van der Waals surface area contributed by atoms with Crippen molar-refractivity contribution in [3.63, 3.8) is 0 Å². The molecule has 1 saturated heterocycles. The first kappa shape index (κ1) is 19.9. The van der Waals surface area contributed by atoms with Gasteiger partial charge in [-0.05, 0) is 48.4 Å². The maximum Gasteiger partial charge on any atom is 0.263 e. The standard InChI is InChI=1S/C22H25ClN2O4/c1-2-19(29-18-6-4-17(23)5-7-18)22(26)25-11-9-24(10-12-25)14-16-3-8-20-21(13-16)28-15-27-20/h3-8,13,19H,2,9-12,14-15H2,1H3/t19-/m1/s1. The van der Waals surface area contributed by atoms with Gasteiger partial charge in [-0.25, -0.2) is 0 Å². The lowest BCUT2D eigenvalue weighted by Gasteiger charge is -2.36. The molecule has 0 radical (unpaired) electrons. The molecule has 7 heteroatoms. The fourth-order valence-electron chi connectivity index (χ4n) is 3.61. The number of amides is 1. The number of benzene rings is 2. The number of hydrogen-bond donors (Lipinski definition) is 0. The second-order valence-corrected chi connectivity index (χ2v) is 7.69. The second-order valence-electron chi connectivity index (χ2n) is 7.26. The van der Waals surface area contributed by atoms with Gasteiger partial charge in [0.25, 0.3) is 5.91 Å². The van der Waals surface area contributed by atoms with E-state index in [1.54, 1.807) is 24.3 Å². The fraction of sp³-hybridized carbons (Fsp3) is 0.409. The molecule has 6 nitrogen and oxygen atoms in total. The highest BCUT2D eigenvalue weighted by molar-refractivity contribution is 6.30. The summed E-state index contributed by atoms with van der Waals surface area (Å²) in [6, 6.07) is 13.2. The van der Waals surface area contributed by atoms with Crippen molar-refractivity contribution in [2.75, 3.05) is 33.0 Å². The minimum atomic E-state index is -0.475. The van der Waals surface area contributed by atoms with E-state index in [2.05, 4.69) is 11.0 Å². The Morgan fingerprint density at radius 2 is 1.79 bits per heavy atom. The number of nitrogens with zero attached hydrogens (tertiary/aromatic N) is 2. The molecule has 154 valence electrons. The van der Waals surface area contributed by atoms with Gasteiger partial charge in [0.05, 0.1) is 0 Å². The molecule has 0 bridgehead atoms. The van der Waals surface area contributed by atoms with Crippen LogP contribution in [-0.4, -0.2) is 54.8 Å². The van der Waals surface area contributed by atoms with Crippen LogP contribution >= 0.6 is 11.6 Å². The molecule has 0 spiro atoms. The number of carbonyl (C=O) groups excluding carboxylic acids is 1. The van der Waals surface area contributed by atoms with Gasteiger partial charge in [-0.1, -0.05) is 24.6 Å². The summed E-state index contributed by atoms with van der Waals surface area (Å²) in [7, 11) is 0. The Kier molecular flexibility index (Phi) is 6.11. The number of halogens is 1. The number of fused-ring (bicyclic) bond motifs is 1. The third-order valence-corrected chi connectivity index (χ3v) is 5.52. The van der Waals surface area contributed by atoms with Crippen LogP contribution in [0.25, 0.3) is 0 Å². The molecule has 1 fully saturated rings. The predicted molar refractivity (Wildman–Crippen MR) is 111 cm³/mol. The Balaban J connectivity index is 1.30. The molecule has 0 N–H and O–H groups in total. The normalized spacial score (nSPS) is 17.2. The molecule has 0 aromatic heterocycles. The van der Waals surface area contributed by atoms with Crippen LogP contribution in [0.2, 0.25) is 5.02 Å². The topological polar surface area (TPSA) is 51.2 Å². The van der Waals surface area contributed by atoms with Gasteiger partial charge in [-0.2, -0.15) is 0 Å². The summed E-state index contributed by atoms with van der Waals surface area (Å²) in [5, 5.41) is 0.648. The maximum absolute atomic E-state index is 12.9. The minimum Gasteiger partial charge on any atom is -0.481 e. The van der Waals surface area contributed by atoms with Crippen LogP contribution in [-0.2, 0) is 11.3 Å². The van der Waals surface area contributed by atoms with Crippen LogP contribution in [0.4, 0.5) is 0 Å². The zero-order valence-electron chi connectivity index (χ0n) is 16.5. The number of piperazine rings is 1. The fourth-order valence-corrected chi connectivity index (χ4v) is 3.74. The number of ether oxygens (including phenoxy) is 3. The lowest BCUT2D eigenvalue weighted by Crippen LogP contribution is -2.52. The summed E-state index contributed by atoms with van der Waals surface area (Å²) >= 11 is 5.92. The van der Waals surface area contributed by atoms with Crippen LogP contribution in [0.1, 0.15) is 18.9 Å². The van der Waals surface area contributed by atoms with E-state index in [9.17, 15) is 4.79 Å². The minimum absolute atomic E-state index is 0.0465. The highest BCUT2D eigenvalue weighted by Gasteiger charge is 2.28. The summed E-state index contributed by atoms with van der Waals surface area (Å²) in [4.78, 5) is 17.2. The average molecular weight is 417 g/mol. The molecule has 2 aliphatic heterocycles. The summed E-state index contributed by atoms with van der Waals surface area (Å²) < 4.78 is 16.7. The van der Waals surface area contributed by atoms with E-state index < -0.39 is 6.10 Å². The molecule has 4 rings (SSSR count). The number of carbonyl (C=O) groups is 1. The molecule has 1 amide bonds. The molecule has 2 aromatic rings. The van der Waals surface area contributed by atoms with Gasteiger partial charge >= 0.3 is 0 Å². The monoisotopic (exact) mass is 416 g/mol. The molecule has 0 aliphatic carbocycles. The zero-order valence-corrected chi connectivity index (χ0v) is 17.2. The van der Waals surface area contributed by atoms with Crippen molar-refractivity contribution in [2.45, 2.75) is 26.0 Å². The molecule has 29 heavy (non-hydrogen) atoms. The molecule has 0 saturated carbocycles. The Hall–Kier alpha value is -2.44. The highest BCUT2D eigenvalue weighted by Crippen LogP contribution is 2.32. The molecule has 2 aromatic carbocycles. The van der Waals surface area contributed by atoms with Crippen LogP contribution in [0.5, 0.6) is 17.2 Å². The Morgan fingerprint density at radius 3 is 2.52 bits per heavy atom. The van der Waals surface area contributed by atoms with Crippen molar-refractivity contribution in [2.24, 2.45) is 0 Å². The first-order valence-corrected chi connectivity index (χ1v) is 10.3. The first-order chi connectivity index (χ1) is 14.1. The number of hydrogen-bond acceptors (Lipinski definition) is 5. The lowest BCUT2D eigenvalue weighted by atomic mass is 10.1. The molecule has 2 heterocycles. The van der Waals surface area contributed by atoms with E-state index in [1.165, 1.54) is 5.56 Å². The van der Waals surface area contributed by atoms with Crippen molar-refractivity contribution < 1.29 is 19.0 Å². The average Bonchev–Trinajstić information content (AvgIpc) is 3.21. The molecular formula is C22H25ClN2O4. The van der Waals surface area contributed by atoms with Crippen molar-refractivity contribution in [3.8, 4) is 17.2 Å². The third kappa shape index (κ3) is 4.77. The first-order valence-electron chi connectivity index (χ1n) is 9.94. The van der Waals surface area contributed by atoms with Crippen molar-refractivity contribution in [3.05, 3.63) is 53.1 Å². The summed E-state index contributed by atoms with van der Waals surface area (Å²) in [5.74, 6) is 2.32. The van der Waals surface area contributed by atoms with Crippen molar-refractivity contribution in [1.29, 1.82) is 0 Å². The van der Waals surface area contributed by atoms with Gasteiger partial charge < -0.3 is 19.1 Å². The third-order valence-electron chi connectivity index (χ3n) is 5.27. The van der Waals surface area contributed by atoms with Gasteiger partial charge in [-0.15, -0.1) is 0 Å². The predicted octanol–water partition coefficient (Wildman–Crippen LogP) is 3.57. The van der Waals surface area contributed by atoms with E-state index in [-0.39, 0.29) is 12.7 Å². The van der Waals surface area contributed by atoms with E-state index >= 15 is 0 Å².